The normalized spacial score (nSPS) is 11.9. The Hall–Kier alpha value is -6.63. The highest BCUT2D eigenvalue weighted by molar-refractivity contribution is 7.26. The number of fused-ring (bicyclic) bond motifs is 9. The Morgan fingerprint density at radius 1 is 0.373 bits per heavy atom. The van der Waals surface area contributed by atoms with Crippen LogP contribution in [0.4, 0.5) is 0 Å². The third-order valence-corrected chi connectivity index (χ3v) is 11.0. The lowest BCUT2D eigenvalue weighted by atomic mass is 9.98. The van der Waals surface area contributed by atoms with Crippen molar-refractivity contribution in [1.82, 2.24) is 15.0 Å². The summed E-state index contributed by atoms with van der Waals surface area (Å²) in [5, 5.41) is 6.56. The molecule has 0 spiro atoms. The summed E-state index contributed by atoms with van der Waals surface area (Å²) in [5.41, 5.74) is 8.02. The van der Waals surface area contributed by atoms with Gasteiger partial charge in [-0.15, -0.1) is 11.3 Å². The van der Waals surface area contributed by atoms with Gasteiger partial charge in [-0.2, -0.15) is 0 Å². The highest BCUT2D eigenvalue weighted by Crippen LogP contribution is 2.44. The molecule has 5 nitrogen and oxygen atoms in total. The maximum atomic E-state index is 6.73. The smallest absolute Gasteiger partial charge is 0.165 e. The van der Waals surface area contributed by atoms with Crippen LogP contribution >= 0.6 is 11.3 Å². The lowest BCUT2D eigenvalue weighted by Crippen LogP contribution is -2.00. The Morgan fingerprint density at radius 3 is 1.76 bits per heavy atom. The predicted molar refractivity (Wildman–Crippen MR) is 209 cm³/mol. The quantitative estimate of drug-likeness (QED) is 0.186. The largest absolute Gasteiger partial charge is 0.455 e. The first kappa shape index (κ1) is 28.2. The molecule has 0 atom stereocenters. The first-order chi connectivity index (χ1) is 25.3. The lowest BCUT2D eigenvalue weighted by molar-refractivity contribution is 0.665. The average Bonchev–Trinajstić information content (AvgIpc) is 3.89. The number of benzene rings is 7. The first-order valence-corrected chi connectivity index (χ1v) is 17.7. The minimum absolute atomic E-state index is 0.593. The number of hydrogen-bond acceptors (Lipinski definition) is 6. The number of furan rings is 2. The molecule has 0 fully saturated rings. The Morgan fingerprint density at radius 2 is 0.922 bits per heavy atom. The van der Waals surface area contributed by atoms with Crippen molar-refractivity contribution in [2.45, 2.75) is 0 Å². The van der Waals surface area contributed by atoms with Crippen molar-refractivity contribution >= 4 is 75.4 Å². The van der Waals surface area contributed by atoms with Gasteiger partial charge in [0, 0.05) is 69.5 Å². The maximum absolute atomic E-state index is 6.73. The van der Waals surface area contributed by atoms with Crippen molar-refractivity contribution < 1.29 is 8.83 Å². The van der Waals surface area contributed by atoms with Gasteiger partial charge in [-0.25, -0.2) is 15.0 Å². The number of rotatable bonds is 4. The highest BCUT2D eigenvalue weighted by atomic mass is 32.1. The molecule has 0 saturated heterocycles. The van der Waals surface area contributed by atoms with Gasteiger partial charge in [-0.05, 0) is 24.3 Å². The molecule has 0 radical (unpaired) electrons. The van der Waals surface area contributed by atoms with Crippen LogP contribution in [0.25, 0.3) is 109 Å². The number of para-hydroxylation sites is 3. The van der Waals surface area contributed by atoms with Crippen LogP contribution in [0.2, 0.25) is 0 Å². The van der Waals surface area contributed by atoms with Gasteiger partial charge in [0.15, 0.2) is 17.5 Å². The molecule has 0 N–H and O–H groups in total. The molecule has 7 aromatic carbocycles. The number of hydrogen-bond donors (Lipinski definition) is 0. The van der Waals surface area contributed by atoms with Crippen LogP contribution in [0.5, 0.6) is 0 Å². The van der Waals surface area contributed by atoms with Crippen molar-refractivity contribution in [1.29, 1.82) is 0 Å². The average molecular weight is 672 g/mol. The van der Waals surface area contributed by atoms with Gasteiger partial charge < -0.3 is 8.83 Å². The molecule has 0 unspecified atom stereocenters. The van der Waals surface area contributed by atoms with Crippen LogP contribution in [0.1, 0.15) is 0 Å². The zero-order valence-electron chi connectivity index (χ0n) is 27.0. The second-order valence-corrected chi connectivity index (χ2v) is 13.7. The molecule has 0 aliphatic heterocycles. The summed E-state index contributed by atoms with van der Waals surface area (Å²) < 4.78 is 15.6. The van der Waals surface area contributed by atoms with E-state index in [2.05, 4.69) is 91.0 Å². The van der Waals surface area contributed by atoms with E-state index in [1.807, 2.05) is 60.7 Å². The fourth-order valence-corrected chi connectivity index (χ4v) is 8.67. The fraction of sp³-hybridized carbons (Fsp3) is 0. The van der Waals surface area contributed by atoms with E-state index < -0.39 is 0 Å². The van der Waals surface area contributed by atoms with Gasteiger partial charge in [0.05, 0.1) is 0 Å². The monoisotopic (exact) mass is 671 g/mol. The van der Waals surface area contributed by atoms with Gasteiger partial charge in [0.1, 0.15) is 22.3 Å². The summed E-state index contributed by atoms with van der Waals surface area (Å²) in [6, 6.07) is 51.9. The van der Waals surface area contributed by atoms with Crippen molar-refractivity contribution in [2.75, 3.05) is 0 Å². The molecule has 0 bridgehead atoms. The third-order valence-electron chi connectivity index (χ3n) is 9.77. The molecule has 238 valence electrons. The number of nitrogens with zero attached hydrogens (tertiary/aromatic N) is 3. The molecule has 0 saturated carbocycles. The van der Waals surface area contributed by atoms with Crippen LogP contribution in [0.15, 0.2) is 160 Å². The predicted octanol–water partition coefficient (Wildman–Crippen LogP) is 12.7. The van der Waals surface area contributed by atoms with Crippen LogP contribution in [0.3, 0.4) is 0 Å². The molecule has 4 heterocycles. The molecule has 0 aliphatic rings. The standard InChI is InChI=1S/C45H25N3O2S/c1-2-12-26(13-3-1)43-46-44(48-45(47-43)35-22-10-19-32-28-15-5-7-25-38(28)51-42(32)35)34-21-11-24-37-39(34)33-20-9-18-31(41(33)50-37)30-17-8-16-29-27-14-4-6-23-36(27)49-40(29)30/h1-25H. The van der Waals surface area contributed by atoms with E-state index in [9.17, 15) is 0 Å². The molecule has 0 amide bonds. The molecular formula is C45H25N3O2S. The Kier molecular flexibility index (Phi) is 6.05. The van der Waals surface area contributed by atoms with Gasteiger partial charge in [0.25, 0.3) is 0 Å². The summed E-state index contributed by atoms with van der Waals surface area (Å²) in [4.78, 5) is 15.5. The molecule has 51 heavy (non-hydrogen) atoms. The Balaban J connectivity index is 1.16. The minimum Gasteiger partial charge on any atom is -0.455 e. The molecule has 11 rings (SSSR count). The minimum atomic E-state index is 0.593. The molecule has 11 aromatic rings. The zero-order chi connectivity index (χ0) is 33.5. The molecule has 6 heteroatoms. The van der Waals surface area contributed by atoms with Crippen molar-refractivity contribution in [3.8, 4) is 45.3 Å². The first-order valence-electron chi connectivity index (χ1n) is 16.9. The van der Waals surface area contributed by atoms with Gasteiger partial charge in [0.2, 0.25) is 0 Å². The summed E-state index contributed by atoms with van der Waals surface area (Å²) in [6.07, 6.45) is 0. The van der Waals surface area contributed by atoms with E-state index in [0.29, 0.717) is 17.5 Å². The van der Waals surface area contributed by atoms with Gasteiger partial charge in [-0.1, -0.05) is 127 Å². The van der Waals surface area contributed by atoms with E-state index >= 15 is 0 Å². The summed E-state index contributed by atoms with van der Waals surface area (Å²) in [7, 11) is 0. The Labute approximate surface area is 295 Å². The maximum Gasteiger partial charge on any atom is 0.165 e. The van der Waals surface area contributed by atoms with E-state index in [1.54, 1.807) is 11.3 Å². The van der Waals surface area contributed by atoms with Crippen molar-refractivity contribution in [2.24, 2.45) is 0 Å². The van der Waals surface area contributed by atoms with E-state index in [-0.39, 0.29) is 0 Å². The number of thiophene rings is 1. The summed E-state index contributed by atoms with van der Waals surface area (Å²) >= 11 is 1.77. The van der Waals surface area contributed by atoms with Gasteiger partial charge in [-0.3, -0.25) is 0 Å². The summed E-state index contributed by atoms with van der Waals surface area (Å²) in [6.45, 7) is 0. The molecule has 4 aromatic heterocycles. The highest BCUT2D eigenvalue weighted by Gasteiger charge is 2.22. The van der Waals surface area contributed by atoms with Crippen molar-refractivity contribution in [3.05, 3.63) is 152 Å². The van der Waals surface area contributed by atoms with Crippen LogP contribution in [0, 0.1) is 0 Å². The second-order valence-electron chi connectivity index (χ2n) is 12.7. The zero-order valence-corrected chi connectivity index (χ0v) is 27.8. The summed E-state index contributed by atoms with van der Waals surface area (Å²) in [5.74, 6) is 1.85. The lowest BCUT2D eigenvalue weighted by Gasteiger charge is -2.10. The van der Waals surface area contributed by atoms with Crippen molar-refractivity contribution in [3.63, 3.8) is 0 Å². The van der Waals surface area contributed by atoms with E-state index in [4.69, 9.17) is 23.8 Å². The number of aromatic nitrogens is 3. The van der Waals surface area contributed by atoms with Crippen LogP contribution < -0.4 is 0 Å². The molecule has 0 aliphatic carbocycles. The van der Waals surface area contributed by atoms with Crippen LogP contribution in [-0.2, 0) is 0 Å². The SMILES string of the molecule is c1ccc(-c2nc(-c3cccc4c3sc3ccccc34)nc(-c3cccc4oc5c(-c6cccc7c6oc6ccccc67)cccc5c34)n2)cc1. The fourth-order valence-electron chi connectivity index (χ4n) is 7.46. The van der Waals surface area contributed by atoms with E-state index in [0.717, 1.165) is 76.4 Å². The second kappa shape index (κ2) is 10.9. The molecular weight excluding hydrogens is 647 g/mol. The van der Waals surface area contributed by atoms with Crippen LogP contribution in [-0.4, -0.2) is 15.0 Å². The Bertz CT molecular complexity index is 3160. The topological polar surface area (TPSA) is 65.0 Å². The third kappa shape index (κ3) is 4.30. The van der Waals surface area contributed by atoms with Gasteiger partial charge >= 0.3 is 0 Å². The van der Waals surface area contributed by atoms with E-state index in [1.165, 1.54) is 15.5 Å².